The third-order valence-corrected chi connectivity index (χ3v) is 4.59. The minimum atomic E-state index is -0.174. The van der Waals surface area contributed by atoms with Gasteiger partial charge < -0.3 is 9.88 Å². The van der Waals surface area contributed by atoms with E-state index < -0.39 is 0 Å². The molecule has 0 fully saturated rings. The van der Waals surface area contributed by atoms with Gasteiger partial charge in [-0.15, -0.1) is 0 Å². The average Bonchev–Trinajstić information content (AvgIpc) is 2.66. The van der Waals surface area contributed by atoms with Gasteiger partial charge >= 0.3 is 0 Å². The van der Waals surface area contributed by atoms with E-state index in [1.807, 2.05) is 55.5 Å². The second-order valence-electron chi connectivity index (χ2n) is 6.45. The highest BCUT2D eigenvalue weighted by molar-refractivity contribution is 5.78. The van der Waals surface area contributed by atoms with Crippen molar-refractivity contribution in [2.45, 2.75) is 32.7 Å². The Hall–Kier alpha value is -2.95. The Bertz CT molecular complexity index is 950. The summed E-state index contributed by atoms with van der Waals surface area (Å²) in [6.45, 7) is 4.86. The third-order valence-electron chi connectivity index (χ3n) is 4.59. The van der Waals surface area contributed by atoms with Crippen LogP contribution in [0, 0.1) is 0 Å². The number of H-pyrrole nitrogens is 1. The molecule has 2 aromatic carbocycles. The maximum absolute atomic E-state index is 12.7. The van der Waals surface area contributed by atoms with Crippen LogP contribution >= 0.6 is 0 Å². The highest BCUT2D eigenvalue weighted by atomic mass is 16.2. The molecule has 0 bridgehead atoms. The zero-order chi connectivity index (χ0) is 18.5. The molecule has 0 unspecified atom stereocenters. The van der Waals surface area contributed by atoms with Gasteiger partial charge in [-0.1, -0.05) is 49.4 Å². The lowest BCUT2D eigenvalue weighted by Crippen LogP contribution is -2.32. The number of fused-ring (bicyclic) bond motifs is 1. The molecule has 1 aromatic heterocycles. The van der Waals surface area contributed by atoms with Gasteiger partial charge in [0.15, 0.2) is 0 Å². The Morgan fingerprint density at radius 2 is 1.81 bits per heavy atom. The number of para-hydroxylation sites is 1. The minimum Gasteiger partial charge on any atom is -0.335 e. The molecule has 0 saturated carbocycles. The van der Waals surface area contributed by atoms with Crippen LogP contribution in [-0.2, 0) is 11.3 Å². The Kier molecular flexibility index (Phi) is 5.46. The van der Waals surface area contributed by atoms with E-state index in [0.29, 0.717) is 36.2 Å². The van der Waals surface area contributed by atoms with Crippen molar-refractivity contribution in [1.29, 1.82) is 0 Å². The summed E-state index contributed by atoms with van der Waals surface area (Å²) in [6, 6.07) is 17.2. The number of nitrogens with one attached hydrogen (secondary N) is 1. The van der Waals surface area contributed by atoms with Gasteiger partial charge in [0.2, 0.25) is 5.91 Å². The highest BCUT2D eigenvalue weighted by Crippen LogP contribution is 2.20. The van der Waals surface area contributed by atoms with Crippen LogP contribution in [0.5, 0.6) is 0 Å². The summed E-state index contributed by atoms with van der Waals surface area (Å²) in [5, 5.41) is 0.559. The summed E-state index contributed by atoms with van der Waals surface area (Å²) >= 11 is 0. The molecule has 5 nitrogen and oxygen atoms in total. The van der Waals surface area contributed by atoms with Crippen molar-refractivity contribution in [2.75, 3.05) is 6.54 Å². The van der Waals surface area contributed by atoms with Gasteiger partial charge in [-0.3, -0.25) is 9.59 Å². The van der Waals surface area contributed by atoms with Gasteiger partial charge in [-0.25, -0.2) is 4.98 Å². The van der Waals surface area contributed by atoms with E-state index in [4.69, 9.17) is 0 Å². The predicted octanol–water partition coefficient (Wildman–Crippen LogP) is 3.47. The van der Waals surface area contributed by atoms with Gasteiger partial charge in [0.05, 0.1) is 17.4 Å². The second kappa shape index (κ2) is 7.95. The number of aromatic nitrogens is 2. The van der Waals surface area contributed by atoms with Crippen LogP contribution in [0.25, 0.3) is 10.9 Å². The largest absolute Gasteiger partial charge is 0.335 e. The molecule has 0 spiro atoms. The highest BCUT2D eigenvalue weighted by Gasteiger charge is 2.18. The summed E-state index contributed by atoms with van der Waals surface area (Å²) in [4.78, 5) is 33.9. The van der Waals surface area contributed by atoms with Gasteiger partial charge in [0.25, 0.3) is 5.56 Å². The van der Waals surface area contributed by atoms with Crippen LogP contribution in [0.1, 0.15) is 37.6 Å². The van der Waals surface area contributed by atoms with Crippen LogP contribution in [0.4, 0.5) is 0 Å². The lowest BCUT2D eigenvalue weighted by Gasteiger charge is -2.22. The minimum absolute atomic E-state index is 0.0552. The van der Waals surface area contributed by atoms with Crippen molar-refractivity contribution in [3.05, 3.63) is 76.3 Å². The SMILES string of the molecule is CCN(Cc1nc2ccccc2c(=O)[nH]1)C(=O)C[C@H](C)c1ccccc1. The molecule has 3 rings (SSSR count). The number of amides is 1. The lowest BCUT2D eigenvalue weighted by molar-refractivity contribution is -0.132. The van der Waals surface area contributed by atoms with E-state index in [-0.39, 0.29) is 17.4 Å². The molecule has 0 saturated heterocycles. The first kappa shape index (κ1) is 17.9. The molecule has 0 aliphatic heterocycles. The molecule has 0 aliphatic carbocycles. The zero-order valence-corrected chi connectivity index (χ0v) is 15.1. The van der Waals surface area contributed by atoms with Crippen molar-refractivity contribution in [3.8, 4) is 0 Å². The van der Waals surface area contributed by atoms with E-state index >= 15 is 0 Å². The van der Waals surface area contributed by atoms with E-state index in [1.54, 1.807) is 11.0 Å². The molecule has 0 aliphatic rings. The molecule has 5 heteroatoms. The Morgan fingerprint density at radius 3 is 2.54 bits per heavy atom. The molecule has 0 radical (unpaired) electrons. The number of carbonyl (C=O) groups is 1. The first-order chi connectivity index (χ1) is 12.6. The van der Waals surface area contributed by atoms with Crippen LogP contribution < -0.4 is 5.56 Å². The van der Waals surface area contributed by atoms with E-state index in [0.717, 1.165) is 5.56 Å². The molecule has 1 heterocycles. The molecule has 1 atom stereocenters. The van der Waals surface area contributed by atoms with E-state index in [9.17, 15) is 9.59 Å². The predicted molar refractivity (Wildman–Crippen MR) is 103 cm³/mol. The van der Waals surface area contributed by atoms with Gasteiger partial charge in [0.1, 0.15) is 5.82 Å². The second-order valence-corrected chi connectivity index (χ2v) is 6.45. The summed E-state index contributed by atoms with van der Waals surface area (Å²) in [7, 11) is 0. The number of benzene rings is 2. The fourth-order valence-corrected chi connectivity index (χ4v) is 3.06. The van der Waals surface area contributed by atoms with Crippen molar-refractivity contribution < 1.29 is 4.79 Å². The number of nitrogens with zero attached hydrogens (tertiary/aromatic N) is 2. The Labute approximate surface area is 152 Å². The fourth-order valence-electron chi connectivity index (χ4n) is 3.06. The summed E-state index contributed by atoms with van der Waals surface area (Å²) < 4.78 is 0. The Balaban J connectivity index is 1.75. The van der Waals surface area contributed by atoms with Gasteiger partial charge in [0, 0.05) is 13.0 Å². The van der Waals surface area contributed by atoms with Gasteiger partial charge in [-0.05, 0) is 30.5 Å². The van der Waals surface area contributed by atoms with Crippen molar-refractivity contribution in [3.63, 3.8) is 0 Å². The molecule has 3 aromatic rings. The van der Waals surface area contributed by atoms with E-state index in [2.05, 4.69) is 16.9 Å². The number of rotatable bonds is 6. The smallest absolute Gasteiger partial charge is 0.258 e. The standard InChI is InChI=1S/C21H23N3O2/c1-3-24(20(25)13-15(2)16-9-5-4-6-10-16)14-19-22-18-12-8-7-11-17(18)21(26)23-19/h4-12,15H,3,13-14H2,1-2H3,(H,22,23,26)/t15-/m0/s1. The van der Waals surface area contributed by atoms with Gasteiger partial charge in [-0.2, -0.15) is 0 Å². The van der Waals surface area contributed by atoms with Crippen molar-refractivity contribution in [1.82, 2.24) is 14.9 Å². The Morgan fingerprint density at radius 1 is 1.12 bits per heavy atom. The van der Waals surface area contributed by atoms with Crippen molar-refractivity contribution >= 4 is 16.8 Å². The number of hydrogen-bond donors (Lipinski definition) is 1. The average molecular weight is 349 g/mol. The van der Waals surface area contributed by atoms with Crippen molar-refractivity contribution in [2.24, 2.45) is 0 Å². The quantitative estimate of drug-likeness (QED) is 0.741. The summed E-state index contributed by atoms with van der Waals surface area (Å²) in [5.74, 6) is 0.706. The van der Waals surface area contributed by atoms with Crippen LogP contribution in [-0.4, -0.2) is 27.3 Å². The van der Waals surface area contributed by atoms with Crippen LogP contribution in [0.3, 0.4) is 0 Å². The first-order valence-corrected chi connectivity index (χ1v) is 8.89. The molecule has 1 N–H and O–H groups in total. The maximum Gasteiger partial charge on any atom is 0.258 e. The molecule has 1 amide bonds. The third kappa shape index (κ3) is 3.99. The maximum atomic E-state index is 12.7. The lowest BCUT2D eigenvalue weighted by atomic mass is 9.97. The molecule has 26 heavy (non-hydrogen) atoms. The summed E-state index contributed by atoms with van der Waals surface area (Å²) in [5.41, 5.74) is 1.62. The van der Waals surface area contributed by atoms with Crippen LogP contribution in [0.2, 0.25) is 0 Å². The topological polar surface area (TPSA) is 66.1 Å². The first-order valence-electron chi connectivity index (χ1n) is 8.89. The molecular formula is C21H23N3O2. The monoisotopic (exact) mass is 349 g/mol. The molecule has 134 valence electrons. The fraction of sp³-hybridized carbons (Fsp3) is 0.286. The molecular weight excluding hydrogens is 326 g/mol. The number of aromatic amines is 1. The summed E-state index contributed by atoms with van der Waals surface area (Å²) in [6.07, 6.45) is 0.426. The zero-order valence-electron chi connectivity index (χ0n) is 15.1. The number of carbonyl (C=O) groups excluding carboxylic acids is 1. The van der Waals surface area contributed by atoms with E-state index in [1.165, 1.54) is 0 Å². The van der Waals surface area contributed by atoms with Crippen LogP contribution in [0.15, 0.2) is 59.4 Å². The normalized spacial score (nSPS) is 12.1. The number of hydrogen-bond acceptors (Lipinski definition) is 3.